The maximum absolute atomic E-state index is 9.83. The molecule has 0 spiro atoms. The number of ketones is 4. The first-order valence-electron chi connectivity index (χ1n) is 10.7. The Kier molecular flexibility index (Phi) is 15.5. The van der Waals surface area contributed by atoms with E-state index < -0.39 is 0 Å². The van der Waals surface area contributed by atoms with Gasteiger partial charge in [-0.1, -0.05) is 72.8 Å². The van der Waals surface area contributed by atoms with Crippen molar-refractivity contribution >= 4 is 23.1 Å². The van der Waals surface area contributed by atoms with Gasteiger partial charge >= 0.3 is 0 Å². The Morgan fingerprint density at radius 1 is 0.351 bits per heavy atom. The maximum Gasteiger partial charge on any atom is 0.255 e. The molecule has 37 heavy (non-hydrogen) atoms. The number of hydrogen-bond donors (Lipinski definition) is 0. The van der Waals surface area contributed by atoms with Crippen LogP contribution in [0, 0.1) is 12.8 Å². The topological polar surface area (TPSA) is 146 Å². The summed E-state index contributed by atoms with van der Waals surface area (Å²) in [6, 6.07) is 36.4. The van der Waals surface area contributed by atoms with Crippen molar-refractivity contribution in [2.24, 2.45) is 0 Å². The van der Waals surface area contributed by atoms with Crippen LogP contribution in [0.1, 0.15) is 22.3 Å². The number of rotatable bonds is 8. The molecule has 4 rings (SSSR count). The molecule has 0 amide bonds. The van der Waals surface area contributed by atoms with Crippen LogP contribution in [0.2, 0.25) is 0 Å². The summed E-state index contributed by atoms with van der Waals surface area (Å²) in [5.74, 6) is 0.192. The molecule has 4 aromatic carbocycles. The van der Waals surface area contributed by atoms with Crippen molar-refractivity contribution in [3.05, 3.63) is 156 Å². The van der Waals surface area contributed by atoms with Crippen molar-refractivity contribution in [1.82, 2.24) is 0 Å². The van der Waals surface area contributed by atoms with E-state index in [1.165, 1.54) is 12.8 Å². The molecule has 7 heteroatoms. The van der Waals surface area contributed by atoms with Gasteiger partial charge in [0.25, 0.3) is 23.1 Å². The smallest absolute Gasteiger partial charge is 0.255 e. The van der Waals surface area contributed by atoms with E-state index in [0.717, 1.165) is 0 Å². The van der Waals surface area contributed by atoms with Crippen LogP contribution in [0.25, 0.3) is 0 Å². The first-order valence-corrected chi connectivity index (χ1v) is 10.7. The third-order valence-electron chi connectivity index (χ3n) is 4.83. The van der Waals surface area contributed by atoms with Gasteiger partial charge in [0.05, 0.1) is 0 Å². The molecule has 0 aliphatic rings. The van der Waals surface area contributed by atoms with Crippen LogP contribution < -0.4 is 0 Å². The van der Waals surface area contributed by atoms with Gasteiger partial charge in [-0.05, 0) is 22.3 Å². The van der Waals surface area contributed by atoms with Gasteiger partial charge in [0.15, 0.2) is 0 Å². The van der Waals surface area contributed by atoms with Gasteiger partial charge in [-0.3, -0.25) is 0 Å². The Bertz CT molecular complexity index is 1040. The SMILES string of the molecule is [OH+]=C([CH-]C(=[OH+])c1ccccc1)c1ccccc1.[OH+]=C([CH-]C(=[OH+])c1ccccc1)c1ccccc1.[OH-].[OH-].[Ti]. The number of benzene rings is 4. The quantitative estimate of drug-likeness (QED) is 0.109. The molecule has 0 aliphatic heterocycles. The van der Waals surface area contributed by atoms with E-state index in [9.17, 15) is 19.2 Å². The number of carbonyl (C=O) groups excluding carboxylic acids is 4. The minimum Gasteiger partial charge on any atom is -0.870 e. The molecule has 6 N–H and O–H groups in total. The van der Waals surface area contributed by atoms with Gasteiger partial charge in [0.2, 0.25) is 0 Å². The summed E-state index contributed by atoms with van der Waals surface area (Å²) >= 11 is 0. The van der Waals surface area contributed by atoms with Gasteiger partial charge in [-0.25, -0.2) is 0 Å². The second kappa shape index (κ2) is 17.4. The summed E-state index contributed by atoms with van der Waals surface area (Å²) < 4.78 is 0. The molecule has 188 valence electrons. The van der Waals surface area contributed by atoms with E-state index in [0.29, 0.717) is 22.3 Å². The molecule has 0 saturated heterocycles. The Labute approximate surface area is 230 Å². The van der Waals surface area contributed by atoms with Crippen molar-refractivity contribution < 1.29 is 51.8 Å². The molecule has 0 aromatic heterocycles. The fraction of sp³-hybridized carbons (Fsp3) is 0. The zero-order chi connectivity index (χ0) is 24.2. The standard InChI is InChI=1S/2C15H11O2.2H2O.Ti/c2*16-14(12-7-3-1-4-8-12)11-15(17)13-9-5-2-6-10-13;;;/h2*1-11H;2*1H2;/q2*-1;;;/p+2. The molecule has 0 bridgehead atoms. The minimum absolute atomic E-state index is 0. The summed E-state index contributed by atoms with van der Waals surface area (Å²) in [6.45, 7) is 0. The monoisotopic (exact) mass is 532 g/mol. The second-order valence-electron chi connectivity index (χ2n) is 7.29. The van der Waals surface area contributed by atoms with Gasteiger partial charge in [0.1, 0.15) is 0 Å². The molecule has 0 unspecified atom stereocenters. The normalized spacial score (nSPS) is 8.86. The summed E-state index contributed by atoms with van der Waals surface area (Å²) in [5.41, 5.74) is 2.70. The Morgan fingerprint density at radius 3 is 0.676 bits per heavy atom. The van der Waals surface area contributed by atoms with Crippen molar-refractivity contribution in [3.63, 3.8) is 0 Å². The van der Waals surface area contributed by atoms with Crippen LogP contribution in [0.15, 0.2) is 121 Å². The molecule has 0 atom stereocenters. The summed E-state index contributed by atoms with van der Waals surface area (Å²) in [6.07, 6.45) is 2.70. The summed E-state index contributed by atoms with van der Waals surface area (Å²) in [5, 5.41) is 0. The molecule has 0 saturated carbocycles. The van der Waals surface area contributed by atoms with Crippen molar-refractivity contribution in [2.45, 2.75) is 0 Å². The van der Waals surface area contributed by atoms with E-state index in [-0.39, 0.29) is 55.8 Å². The Hall–Kier alpha value is -4.07. The summed E-state index contributed by atoms with van der Waals surface area (Å²) in [4.78, 5) is 39.3. The van der Waals surface area contributed by atoms with Gasteiger partial charge in [-0.2, -0.15) is 0 Å². The van der Waals surface area contributed by atoms with E-state index in [1.54, 1.807) is 48.5 Å². The van der Waals surface area contributed by atoms with Crippen LogP contribution in [0.5, 0.6) is 0 Å². The average molecular weight is 532 g/mol. The van der Waals surface area contributed by atoms with E-state index >= 15 is 0 Å². The van der Waals surface area contributed by atoms with Crippen LogP contribution in [0.4, 0.5) is 0 Å². The third kappa shape index (κ3) is 10.6. The van der Waals surface area contributed by atoms with E-state index in [2.05, 4.69) is 0 Å². The fourth-order valence-corrected chi connectivity index (χ4v) is 3.03. The van der Waals surface area contributed by atoms with Crippen molar-refractivity contribution in [1.29, 1.82) is 0 Å². The van der Waals surface area contributed by atoms with Crippen LogP contribution in [0.3, 0.4) is 0 Å². The van der Waals surface area contributed by atoms with Crippen LogP contribution in [-0.2, 0) is 21.7 Å². The predicted molar refractivity (Wildman–Crippen MR) is 142 cm³/mol. The van der Waals surface area contributed by atoms with Crippen molar-refractivity contribution in [3.8, 4) is 0 Å². The fourth-order valence-electron chi connectivity index (χ4n) is 3.03. The first-order chi connectivity index (χ1) is 16.5. The Morgan fingerprint density at radius 2 is 0.514 bits per heavy atom. The largest absolute Gasteiger partial charge is 0.870 e. The molecule has 4 aromatic rings. The van der Waals surface area contributed by atoms with E-state index in [1.807, 2.05) is 72.8 Å². The first kappa shape index (κ1) is 32.9. The van der Waals surface area contributed by atoms with Gasteiger partial charge < -0.3 is 30.1 Å². The van der Waals surface area contributed by atoms with Crippen molar-refractivity contribution in [2.75, 3.05) is 0 Å². The zero-order valence-corrected chi connectivity index (χ0v) is 21.4. The maximum atomic E-state index is 9.83. The second-order valence-corrected chi connectivity index (χ2v) is 7.29. The minimum atomic E-state index is 0. The Balaban J connectivity index is 0.000000648. The molecular formula is C30H28O6Ti. The van der Waals surface area contributed by atoms with Gasteiger partial charge in [-0.15, -0.1) is 48.5 Å². The molecular weight excluding hydrogens is 504 g/mol. The number of hydrogen-bond acceptors (Lipinski definition) is 2. The third-order valence-corrected chi connectivity index (χ3v) is 4.83. The predicted octanol–water partition coefficient (Wildman–Crippen LogP) is 4.40. The van der Waals surface area contributed by atoms with Crippen LogP contribution in [-0.4, -0.2) is 53.3 Å². The van der Waals surface area contributed by atoms with Gasteiger partial charge in [0, 0.05) is 34.6 Å². The molecule has 6 nitrogen and oxygen atoms in total. The molecule has 0 fully saturated rings. The molecule has 0 aliphatic carbocycles. The van der Waals surface area contributed by atoms with E-state index in [4.69, 9.17) is 0 Å². The molecule has 0 heterocycles. The molecule has 0 radical (unpaired) electrons. The van der Waals surface area contributed by atoms with Crippen LogP contribution >= 0.6 is 0 Å². The average Bonchev–Trinajstić information content (AvgIpc) is 2.91. The summed E-state index contributed by atoms with van der Waals surface area (Å²) in [7, 11) is 0. The zero-order valence-electron chi connectivity index (χ0n) is 19.9.